The van der Waals surface area contributed by atoms with E-state index in [2.05, 4.69) is 0 Å². The van der Waals surface area contributed by atoms with Gasteiger partial charge in [-0.15, -0.1) is 12.4 Å². The SMILES string of the molecule is CCOCC(O)CSC(=N)N.Cl. The molecule has 1 atom stereocenters. The topological polar surface area (TPSA) is 79.3 Å². The van der Waals surface area contributed by atoms with Gasteiger partial charge < -0.3 is 15.6 Å². The van der Waals surface area contributed by atoms with Crippen LogP contribution >= 0.6 is 24.2 Å². The van der Waals surface area contributed by atoms with Gasteiger partial charge in [0, 0.05) is 12.4 Å². The number of rotatable bonds is 5. The predicted molar refractivity (Wildman–Crippen MR) is 54.1 cm³/mol. The fourth-order valence-electron chi connectivity index (χ4n) is 0.488. The maximum absolute atomic E-state index is 9.13. The van der Waals surface area contributed by atoms with Gasteiger partial charge in [-0.25, -0.2) is 0 Å². The van der Waals surface area contributed by atoms with E-state index in [-0.39, 0.29) is 17.6 Å². The summed E-state index contributed by atoms with van der Waals surface area (Å²) in [6, 6.07) is 0. The van der Waals surface area contributed by atoms with Crippen molar-refractivity contribution in [2.75, 3.05) is 19.0 Å². The lowest BCUT2D eigenvalue weighted by molar-refractivity contribution is 0.0552. The number of aliphatic hydroxyl groups excluding tert-OH is 1. The van der Waals surface area contributed by atoms with Crippen molar-refractivity contribution >= 4 is 29.3 Å². The first-order valence-corrected chi connectivity index (χ1v) is 4.38. The smallest absolute Gasteiger partial charge is 0.151 e. The lowest BCUT2D eigenvalue weighted by atomic mass is 10.4. The van der Waals surface area contributed by atoms with Crippen molar-refractivity contribution in [3.8, 4) is 0 Å². The third-order valence-corrected chi connectivity index (χ3v) is 1.81. The van der Waals surface area contributed by atoms with Crippen molar-refractivity contribution in [2.45, 2.75) is 13.0 Å². The molecule has 4 nitrogen and oxygen atoms in total. The second-order valence-electron chi connectivity index (χ2n) is 1.99. The summed E-state index contributed by atoms with van der Waals surface area (Å²) in [4.78, 5) is 0. The van der Waals surface area contributed by atoms with E-state index in [1.54, 1.807) is 0 Å². The number of thioether (sulfide) groups is 1. The summed E-state index contributed by atoms with van der Waals surface area (Å²) in [7, 11) is 0. The van der Waals surface area contributed by atoms with Crippen molar-refractivity contribution in [1.29, 1.82) is 5.41 Å². The van der Waals surface area contributed by atoms with Gasteiger partial charge in [0.25, 0.3) is 0 Å². The van der Waals surface area contributed by atoms with Crippen molar-refractivity contribution in [2.24, 2.45) is 5.73 Å². The fourth-order valence-corrected chi connectivity index (χ4v) is 0.956. The summed E-state index contributed by atoms with van der Waals surface area (Å²) in [5, 5.41) is 16.0. The second kappa shape index (κ2) is 9.12. The Labute approximate surface area is 82.8 Å². The zero-order valence-electron chi connectivity index (χ0n) is 6.95. The standard InChI is InChI=1S/C6H14N2O2S.ClH/c1-2-10-3-5(9)4-11-6(7)8;/h5,9H,2-4H2,1H3,(H3,7,8);1H. The van der Waals surface area contributed by atoms with Gasteiger partial charge in [-0.2, -0.15) is 0 Å². The molecule has 0 bridgehead atoms. The Morgan fingerprint density at radius 3 is 2.75 bits per heavy atom. The Kier molecular flexibility index (Phi) is 11.1. The van der Waals surface area contributed by atoms with Crippen LogP contribution < -0.4 is 5.73 Å². The van der Waals surface area contributed by atoms with Gasteiger partial charge in [-0.1, -0.05) is 11.8 Å². The van der Waals surface area contributed by atoms with Crippen LogP contribution in [0.1, 0.15) is 6.92 Å². The largest absolute Gasteiger partial charge is 0.390 e. The summed E-state index contributed by atoms with van der Waals surface area (Å²) in [5.41, 5.74) is 5.06. The average Bonchev–Trinajstić information content (AvgIpc) is 1.97. The molecule has 0 aliphatic rings. The van der Waals surface area contributed by atoms with E-state index in [0.29, 0.717) is 19.0 Å². The fraction of sp³-hybridized carbons (Fsp3) is 0.833. The summed E-state index contributed by atoms with van der Waals surface area (Å²) in [5.74, 6) is 0.426. The number of amidine groups is 1. The molecular weight excluding hydrogens is 200 g/mol. The molecule has 1 unspecified atom stereocenters. The number of halogens is 1. The highest BCUT2D eigenvalue weighted by Gasteiger charge is 2.04. The number of nitrogens with one attached hydrogen (secondary N) is 1. The number of aliphatic hydroxyl groups is 1. The summed E-state index contributed by atoms with van der Waals surface area (Å²) < 4.78 is 4.95. The van der Waals surface area contributed by atoms with Crippen LogP contribution in [0.4, 0.5) is 0 Å². The van der Waals surface area contributed by atoms with Crippen molar-refractivity contribution in [3.63, 3.8) is 0 Å². The highest BCUT2D eigenvalue weighted by Crippen LogP contribution is 2.01. The maximum Gasteiger partial charge on any atom is 0.151 e. The molecule has 0 aliphatic heterocycles. The molecule has 0 saturated carbocycles. The van der Waals surface area contributed by atoms with Gasteiger partial charge in [0.15, 0.2) is 5.17 Å². The maximum atomic E-state index is 9.13. The first-order chi connectivity index (χ1) is 5.16. The Hall–Kier alpha value is 0.0300. The molecule has 0 rings (SSSR count). The van der Waals surface area contributed by atoms with Gasteiger partial charge in [0.1, 0.15) is 0 Å². The molecular formula is C6H15ClN2O2S. The number of hydrogen-bond acceptors (Lipinski definition) is 4. The number of hydrogen-bond donors (Lipinski definition) is 3. The monoisotopic (exact) mass is 214 g/mol. The van der Waals surface area contributed by atoms with Gasteiger partial charge in [-0.05, 0) is 6.92 Å². The number of ether oxygens (including phenoxy) is 1. The van der Waals surface area contributed by atoms with Crippen LogP contribution in [0.2, 0.25) is 0 Å². The predicted octanol–water partition coefficient (Wildman–Crippen LogP) is 0.432. The van der Waals surface area contributed by atoms with Crippen molar-refractivity contribution in [1.82, 2.24) is 0 Å². The lowest BCUT2D eigenvalue weighted by Crippen LogP contribution is -2.20. The molecule has 0 aromatic rings. The summed E-state index contributed by atoms with van der Waals surface area (Å²) in [6.07, 6.45) is -0.524. The van der Waals surface area contributed by atoms with Crippen molar-refractivity contribution < 1.29 is 9.84 Å². The molecule has 0 spiro atoms. The Morgan fingerprint density at radius 2 is 2.33 bits per heavy atom. The van der Waals surface area contributed by atoms with Gasteiger partial charge >= 0.3 is 0 Å². The van der Waals surface area contributed by atoms with Crippen molar-refractivity contribution in [3.05, 3.63) is 0 Å². The van der Waals surface area contributed by atoms with Gasteiger partial charge in [-0.3, -0.25) is 5.41 Å². The van der Waals surface area contributed by atoms with Crippen LogP contribution in [0.25, 0.3) is 0 Å². The highest BCUT2D eigenvalue weighted by atomic mass is 35.5. The van der Waals surface area contributed by atoms with E-state index < -0.39 is 6.10 Å². The van der Waals surface area contributed by atoms with Crippen LogP contribution in [0.5, 0.6) is 0 Å². The Morgan fingerprint density at radius 1 is 1.75 bits per heavy atom. The molecule has 0 amide bonds. The summed E-state index contributed by atoms with van der Waals surface area (Å²) in [6.45, 7) is 2.78. The van der Waals surface area contributed by atoms with Crippen LogP contribution in [-0.2, 0) is 4.74 Å². The van der Waals surface area contributed by atoms with Gasteiger partial charge in [0.2, 0.25) is 0 Å². The van der Waals surface area contributed by atoms with Gasteiger partial charge in [0.05, 0.1) is 12.7 Å². The zero-order chi connectivity index (χ0) is 8.69. The Bertz CT molecular complexity index is 126. The molecule has 74 valence electrons. The molecule has 4 N–H and O–H groups in total. The quantitative estimate of drug-likeness (QED) is 0.458. The highest BCUT2D eigenvalue weighted by molar-refractivity contribution is 8.13. The lowest BCUT2D eigenvalue weighted by Gasteiger charge is -2.08. The minimum absolute atomic E-state index is 0. The first kappa shape index (κ1) is 14.5. The number of nitrogens with two attached hydrogens (primary N) is 1. The van der Waals surface area contributed by atoms with E-state index in [1.165, 1.54) is 0 Å². The van der Waals surface area contributed by atoms with Crippen LogP contribution in [0.15, 0.2) is 0 Å². The first-order valence-electron chi connectivity index (χ1n) is 3.39. The van der Waals surface area contributed by atoms with Crippen LogP contribution in [0, 0.1) is 5.41 Å². The third-order valence-electron chi connectivity index (χ3n) is 0.946. The van der Waals surface area contributed by atoms with E-state index in [1.807, 2.05) is 6.92 Å². The second-order valence-corrected chi connectivity index (χ2v) is 3.05. The minimum atomic E-state index is -0.524. The molecule has 0 fully saturated rings. The Balaban J connectivity index is 0. The van der Waals surface area contributed by atoms with Crippen LogP contribution in [0.3, 0.4) is 0 Å². The molecule has 0 heterocycles. The average molecular weight is 215 g/mol. The minimum Gasteiger partial charge on any atom is -0.390 e. The third kappa shape index (κ3) is 10.0. The molecule has 0 aromatic heterocycles. The molecule has 0 aromatic carbocycles. The van der Waals surface area contributed by atoms with E-state index in [4.69, 9.17) is 21.0 Å². The van der Waals surface area contributed by atoms with E-state index >= 15 is 0 Å². The van der Waals surface area contributed by atoms with Crippen LogP contribution in [-0.4, -0.2) is 35.3 Å². The zero-order valence-corrected chi connectivity index (χ0v) is 8.58. The molecule has 6 heteroatoms. The molecule has 0 saturated heterocycles. The molecule has 0 radical (unpaired) electrons. The molecule has 12 heavy (non-hydrogen) atoms. The molecule has 0 aliphatic carbocycles. The summed E-state index contributed by atoms with van der Waals surface area (Å²) >= 11 is 1.12. The van der Waals surface area contributed by atoms with E-state index in [9.17, 15) is 0 Å². The normalized spacial score (nSPS) is 11.8. The van der Waals surface area contributed by atoms with E-state index in [0.717, 1.165) is 11.8 Å².